The zero-order valence-corrected chi connectivity index (χ0v) is 10.5. The van der Waals surface area contributed by atoms with E-state index in [1.807, 2.05) is 6.92 Å². The topological polar surface area (TPSA) is 12.0 Å². The van der Waals surface area contributed by atoms with Crippen LogP contribution in [0.3, 0.4) is 0 Å². The Bertz CT molecular complexity index is 582. The molecule has 0 aliphatic rings. The summed E-state index contributed by atoms with van der Waals surface area (Å²) in [5, 5.41) is 3.03. The highest BCUT2D eigenvalue weighted by Crippen LogP contribution is 2.23. The minimum atomic E-state index is -0.936. The van der Waals surface area contributed by atoms with Crippen molar-refractivity contribution >= 4 is 0 Å². The summed E-state index contributed by atoms with van der Waals surface area (Å²) in [5.74, 6) is -2.20. The number of benzene rings is 2. The minimum Gasteiger partial charge on any atom is -0.313 e. The van der Waals surface area contributed by atoms with Gasteiger partial charge in [0.05, 0.1) is 0 Å². The lowest BCUT2D eigenvalue weighted by atomic mass is 10.0. The lowest BCUT2D eigenvalue weighted by molar-refractivity contribution is 0.509. The number of hydrogen-bond donors (Lipinski definition) is 1. The molecule has 19 heavy (non-hydrogen) atoms. The lowest BCUT2D eigenvalue weighted by Crippen LogP contribution is -2.12. The Morgan fingerprint density at radius 2 is 1.47 bits per heavy atom. The van der Waals surface area contributed by atoms with E-state index in [1.54, 1.807) is 12.1 Å². The Morgan fingerprint density at radius 3 is 2.05 bits per heavy atom. The third kappa shape index (κ3) is 3.15. The van der Waals surface area contributed by atoms with Gasteiger partial charge in [0, 0.05) is 12.1 Å². The minimum absolute atomic E-state index is 0.358. The summed E-state index contributed by atoms with van der Waals surface area (Å²) in [6, 6.07) is 8.21. The fraction of sp³-hybridized carbons (Fsp3) is 0.200. The van der Waals surface area contributed by atoms with Crippen LogP contribution in [0.4, 0.5) is 13.2 Å². The molecule has 100 valence electrons. The SMILES string of the molecule is CCNCc1ccc(-c2ccc(F)c(F)c2)cc1F. The summed E-state index contributed by atoms with van der Waals surface area (Å²) >= 11 is 0. The van der Waals surface area contributed by atoms with Gasteiger partial charge in [-0.3, -0.25) is 0 Å². The van der Waals surface area contributed by atoms with Gasteiger partial charge < -0.3 is 5.32 Å². The van der Waals surface area contributed by atoms with Crippen molar-refractivity contribution < 1.29 is 13.2 Å². The smallest absolute Gasteiger partial charge is 0.159 e. The molecule has 2 rings (SSSR count). The van der Waals surface area contributed by atoms with Gasteiger partial charge >= 0.3 is 0 Å². The van der Waals surface area contributed by atoms with Crippen molar-refractivity contribution in [3.05, 3.63) is 59.4 Å². The molecule has 4 heteroatoms. The van der Waals surface area contributed by atoms with Crippen molar-refractivity contribution in [1.29, 1.82) is 0 Å². The van der Waals surface area contributed by atoms with Gasteiger partial charge in [-0.25, -0.2) is 13.2 Å². The molecule has 2 aromatic rings. The molecule has 0 bridgehead atoms. The molecule has 0 spiro atoms. The van der Waals surface area contributed by atoms with E-state index >= 15 is 0 Å². The van der Waals surface area contributed by atoms with Gasteiger partial charge in [0.25, 0.3) is 0 Å². The molecule has 0 atom stereocenters. The van der Waals surface area contributed by atoms with Gasteiger partial charge in [0.2, 0.25) is 0 Å². The number of halogens is 3. The first-order valence-electron chi connectivity index (χ1n) is 6.06. The molecule has 0 unspecified atom stereocenters. The highest BCUT2D eigenvalue weighted by molar-refractivity contribution is 5.63. The number of nitrogens with one attached hydrogen (secondary N) is 1. The van der Waals surface area contributed by atoms with E-state index < -0.39 is 11.6 Å². The highest BCUT2D eigenvalue weighted by Gasteiger charge is 2.07. The molecule has 2 aromatic carbocycles. The molecule has 0 saturated carbocycles. The van der Waals surface area contributed by atoms with Crippen LogP contribution in [0.15, 0.2) is 36.4 Å². The van der Waals surface area contributed by atoms with E-state index in [9.17, 15) is 13.2 Å². The third-order valence-electron chi connectivity index (χ3n) is 2.87. The van der Waals surface area contributed by atoms with Gasteiger partial charge in [-0.15, -0.1) is 0 Å². The second kappa shape index (κ2) is 5.89. The van der Waals surface area contributed by atoms with Gasteiger partial charge in [-0.2, -0.15) is 0 Å². The monoisotopic (exact) mass is 265 g/mol. The van der Waals surface area contributed by atoms with Crippen molar-refractivity contribution in [2.45, 2.75) is 13.5 Å². The molecular weight excluding hydrogens is 251 g/mol. The Balaban J connectivity index is 2.30. The maximum absolute atomic E-state index is 13.8. The highest BCUT2D eigenvalue weighted by atomic mass is 19.2. The summed E-state index contributed by atoms with van der Waals surface area (Å²) < 4.78 is 39.8. The van der Waals surface area contributed by atoms with Crippen LogP contribution in [0, 0.1) is 17.5 Å². The first-order valence-corrected chi connectivity index (χ1v) is 6.06. The largest absolute Gasteiger partial charge is 0.313 e. The first kappa shape index (κ1) is 13.6. The summed E-state index contributed by atoms with van der Waals surface area (Å²) in [4.78, 5) is 0. The van der Waals surface area contributed by atoms with Crippen molar-refractivity contribution in [2.24, 2.45) is 0 Å². The maximum Gasteiger partial charge on any atom is 0.159 e. The standard InChI is InChI=1S/C15H14F3N/c1-2-19-9-12-4-3-10(7-14(12)17)11-5-6-13(16)15(18)8-11/h3-8,19H,2,9H2,1H3. The molecule has 0 heterocycles. The van der Waals surface area contributed by atoms with E-state index in [0.717, 1.165) is 18.7 Å². The predicted octanol–water partition coefficient (Wildman–Crippen LogP) is 3.88. The normalized spacial score (nSPS) is 10.7. The molecule has 0 amide bonds. The van der Waals surface area contributed by atoms with Crippen LogP contribution in [0.2, 0.25) is 0 Å². The first-order chi connectivity index (χ1) is 9.11. The Hall–Kier alpha value is -1.81. The quantitative estimate of drug-likeness (QED) is 0.884. The molecule has 0 aliphatic heterocycles. The van der Waals surface area contributed by atoms with Crippen LogP contribution in [0.25, 0.3) is 11.1 Å². The lowest BCUT2D eigenvalue weighted by Gasteiger charge is -2.07. The molecule has 1 N–H and O–H groups in total. The van der Waals surface area contributed by atoms with Crippen LogP contribution < -0.4 is 5.32 Å². The van der Waals surface area contributed by atoms with E-state index in [0.29, 0.717) is 23.2 Å². The third-order valence-corrected chi connectivity index (χ3v) is 2.87. The summed E-state index contributed by atoms with van der Waals surface area (Å²) in [6.45, 7) is 3.14. The van der Waals surface area contributed by atoms with Crippen molar-refractivity contribution in [3.8, 4) is 11.1 Å². The van der Waals surface area contributed by atoms with Crippen molar-refractivity contribution in [2.75, 3.05) is 6.54 Å². The van der Waals surface area contributed by atoms with Crippen LogP contribution in [-0.2, 0) is 6.54 Å². The predicted molar refractivity (Wildman–Crippen MR) is 69.1 cm³/mol. The van der Waals surface area contributed by atoms with Gasteiger partial charge in [0.1, 0.15) is 5.82 Å². The molecule has 0 aromatic heterocycles. The molecular formula is C15H14F3N. The van der Waals surface area contributed by atoms with Crippen LogP contribution in [0.1, 0.15) is 12.5 Å². The molecule has 0 radical (unpaired) electrons. The maximum atomic E-state index is 13.8. The van der Waals surface area contributed by atoms with Crippen LogP contribution in [-0.4, -0.2) is 6.54 Å². The van der Waals surface area contributed by atoms with Crippen LogP contribution >= 0.6 is 0 Å². The second-order valence-corrected chi connectivity index (χ2v) is 4.22. The van der Waals surface area contributed by atoms with Crippen LogP contribution in [0.5, 0.6) is 0 Å². The van der Waals surface area contributed by atoms with E-state index in [-0.39, 0.29) is 5.82 Å². The summed E-state index contributed by atoms with van der Waals surface area (Å²) in [7, 11) is 0. The fourth-order valence-corrected chi connectivity index (χ4v) is 1.81. The fourth-order valence-electron chi connectivity index (χ4n) is 1.81. The molecule has 1 nitrogen and oxygen atoms in total. The number of rotatable bonds is 4. The van der Waals surface area contributed by atoms with E-state index in [1.165, 1.54) is 12.1 Å². The Labute approximate surface area is 110 Å². The second-order valence-electron chi connectivity index (χ2n) is 4.22. The summed E-state index contributed by atoms with van der Waals surface area (Å²) in [5.41, 5.74) is 1.53. The zero-order valence-electron chi connectivity index (χ0n) is 10.5. The van der Waals surface area contributed by atoms with E-state index in [4.69, 9.17) is 0 Å². The average Bonchev–Trinajstić information content (AvgIpc) is 2.40. The number of hydrogen-bond acceptors (Lipinski definition) is 1. The molecule has 0 fully saturated rings. The van der Waals surface area contributed by atoms with Gasteiger partial charge in [-0.05, 0) is 35.9 Å². The van der Waals surface area contributed by atoms with Gasteiger partial charge in [0.15, 0.2) is 11.6 Å². The average molecular weight is 265 g/mol. The molecule has 0 saturated heterocycles. The Kier molecular flexibility index (Phi) is 4.22. The van der Waals surface area contributed by atoms with Gasteiger partial charge in [-0.1, -0.05) is 25.1 Å². The van der Waals surface area contributed by atoms with Crippen molar-refractivity contribution in [1.82, 2.24) is 5.32 Å². The summed E-state index contributed by atoms with van der Waals surface area (Å²) in [6.07, 6.45) is 0. The molecule has 0 aliphatic carbocycles. The Morgan fingerprint density at radius 1 is 0.842 bits per heavy atom. The van der Waals surface area contributed by atoms with E-state index in [2.05, 4.69) is 5.32 Å². The van der Waals surface area contributed by atoms with Crippen molar-refractivity contribution in [3.63, 3.8) is 0 Å². The zero-order chi connectivity index (χ0) is 13.8.